The largest absolute Gasteiger partial charge is 0.338 e. The molecule has 2 aromatic rings. The van der Waals surface area contributed by atoms with Gasteiger partial charge in [-0.05, 0) is 36.6 Å². The van der Waals surface area contributed by atoms with Crippen molar-refractivity contribution in [1.82, 2.24) is 9.47 Å². The molecule has 0 atom stereocenters. The van der Waals surface area contributed by atoms with E-state index in [9.17, 15) is 14.9 Å². The fourth-order valence-electron chi connectivity index (χ4n) is 2.81. The van der Waals surface area contributed by atoms with Gasteiger partial charge >= 0.3 is 0 Å². The lowest BCUT2D eigenvalue weighted by Gasteiger charge is -2.13. The molecule has 0 spiro atoms. The average Bonchev–Trinajstić information content (AvgIpc) is 3.23. The van der Waals surface area contributed by atoms with Crippen molar-refractivity contribution < 1.29 is 4.79 Å². The van der Waals surface area contributed by atoms with Crippen LogP contribution in [0.15, 0.2) is 23.0 Å². The Hall–Kier alpha value is -2.07. The number of nitriles is 1. The number of amides is 1. The van der Waals surface area contributed by atoms with Crippen LogP contribution in [-0.2, 0) is 11.8 Å². The van der Waals surface area contributed by atoms with Gasteiger partial charge in [-0.3, -0.25) is 9.59 Å². The fourth-order valence-corrected chi connectivity index (χ4v) is 4.35. The van der Waals surface area contributed by atoms with E-state index < -0.39 is 0 Å². The van der Waals surface area contributed by atoms with Crippen LogP contribution in [-0.4, -0.2) is 28.5 Å². The van der Waals surface area contributed by atoms with Gasteiger partial charge in [0.05, 0.1) is 4.53 Å². The van der Waals surface area contributed by atoms with Crippen molar-refractivity contribution in [2.75, 3.05) is 13.1 Å². The second-order valence-corrected chi connectivity index (χ2v) is 7.81. The second-order valence-electron chi connectivity index (χ2n) is 5.93. The average molecular weight is 408 g/mol. The normalized spacial score (nSPS) is 15.9. The van der Waals surface area contributed by atoms with Crippen LogP contribution >= 0.6 is 34.5 Å². The van der Waals surface area contributed by atoms with Gasteiger partial charge in [-0.1, -0.05) is 29.3 Å². The van der Waals surface area contributed by atoms with E-state index in [0.717, 1.165) is 24.2 Å². The number of benzene rings is 1. The first kappa shape index (κ1) is 18.7. The van der Waals surface area contributed by atoms with Crippen molar-refractivity contribution in [3.05, 3.63) is 53.4 Å². The van der Waals surface area contributed by atoms with Gasteiger partial charge in [0, 0.05) is 30.2 Å². The van der Waals surface area contributed by atoms with Gasteiger partial charge in [0.1, 0.15) is 10.7 Å². The van der Waals surface area contributed by atoms with Gasteiger partial charge in [-0.15, -0.1) is 11.3 Å². The molecule has 1 saturated heterocycles. The molecule has 2 heterocycles. The number of halogens is 2. The zero-order valence-corrected chi connectivity index (χ0v) is 16.3. The number of thiazole rings is 1. The number of carbonyl (C=O) groups excluding carboxylic acids is 1. The van der Waals surface area contributed by atoms with Crippen LogP contribution in [0.3, 0.4) is 0 Å². The Labute approximate surface area is 164 Å². The minimum Gasteiger partial charge on any atom is -0.338 e. The molecule has 0 aliphatic carbocycles. The van der Waals surface area contributed by atoms with E-state index >= 15 is 0 Å². The van der Waals surface area contributed by atoms with E-state index in [0.29, 0.717) is 37.9 Å². The molecule has 3 rings (SSSR count). The lowest BCUT2D eigenvalue weighted by molar-refractivity contribution is -0.123. The lowest BCUT2D eigenvalue weighted by Crippen LogP contribution is -2.34. The molecule has 1 fully saturated rings. The maximum atomic E-state index is 12.6. The van der Waals surface area contributed by atoms with E-state index in [1.807, 2.05) is 6.07 Å². The SMILES string of the molecule is Cn1c(=O)/c(=C\c2ccc(Cl)cc2Cl)s/c1=C(/C#N)C(=O)N1CCCC1. The zero-order chi connectivity index (χ0) is 18.8. The smallest absolute Gasteiger partial charge is 0.268 e. The van der Waals surface area contributed by atoms with Gasteiger partial charge < -0.3 is 9.47 Å². The molecule has 26 heavy (non-hydrogen) atoms. The predicted molar refractivity (Wildman–Crippen MR) is 104 cm³/mol. The van der Waals surface area contributed by atoms with Crippen molar-refractivity contribution in [3.8, 4) is 6.07 Å². The topological polar surface area (TPSA) is 66.1 Å². The van der Waals surface area contributed by atoms with E-state index in [2.05, 4.69) is 0 Å². The predicted octanol–water partition coefficient (Wildman–Crippen LogP) is 1.88. The number of nitrogens with zero attached hydrogens (tertiary/aromatic N) is 3. The Balaban J connectivity index is 2.17. The summed E-state index contributed by atoms with van der Waals surface area (Å²) in [5.41, 5.74) is 0.363. The molecule has 1 aliphatic rings. The van der Waals surface area contributed by atoms with Crippen LogP contribution in [0.5, 0.6) is 0 Å². The maximum Gasteiger partial charge on any atom is 0.268 e. The molecule has 1 aromatic carbocycles. The molecule has 0 radical (unpaired) electrons. The molecule has 0 unspecified atom stereocenters. The maximum absolute atomic E-state index is 12.6. The summed E-state index contributed by atoms with van der Waals surface area (Å²) in [6, 6.07) is 6.97. The Morgan fingerprint density at radius 3 is 2.62 bits per heavy atom. The number of hydrogen-bond acceptors (Lipinski definition) is 4. The summed E-state index contributed by atoms with van der Waals surface area (Å²) in [6.07, 6.45) is 3.51. The highest BCUT2D eigenvalue weighted by atomic mass is 35.5. The number of carbonyl (C=O) groups is 1. The molecule has 1 aromatic heterocycles. The quantitative estimate of drug-likeness (QED) is 0.762. The number of rotatable bonds is 2. The van der Waals surface area contributed by atoms with Crippen molar-refractivity contribution in [2.45, 2.75) is 12.8 Å². The third-order valence-corrected chi connectivity index (χ3v) is 5.95. The third kappa shape index (κ3) is 3.56. The van der Waals surface area contributed by atoms with Gasteiger partial charge in [0.2, 0.25) is 0 Å². The standard InChI is InChI=1S/C18H15Cl2N3O2S/c1-22-17(25)15(8-11-4-5-12(19)9-14(11)20)26-18(22)13(10-21)16(24)23-6-2-3-7-23/h4-5,8-9H,2-3,6-7H2,1H3/b15-8+,18-13-. The Morgan fingerprint density at radius 2 is 2.00 bits per heavy atom. The van der Waals surface area contributed by atoms with Crippen molar-refractivity contribution in [1.29, 1.82) is 5.26 Å². The molecule has 0 bridgehead atoms. The van der Waals surface area contributed by atoms with Crippen LogP contribution in [0.1, 0.15) is 18.4 Å². The van der Waals surface area contributed by atoms with Gasteiger partial charge in [0.25, 0.3) is 11.5 Å². The van der Waals surface area contributed by atoms with Crippen LogP contribution in [0.25, 0.3) is 11.6 Å². The summed E-state index contributed by atoms with van der Waals surface area (Å²) >= 11 is 13.2. The molecule has 134 valence electrons. The van der Waals surface area contributed by atoms with E-state index in [4.69, 9.17) is 23.2 Å². The summed E-state index contributed by atoms with van der Waals surface area (Å²) in [7, 11) is 1.56. The van der Waals surface area contributed by atoms with Crippen LogP contribution in [0.2, 0.25) is 10.0 Å². The molecule has 0 N–H and O–H groups in total. The second kappa shape index (κ2) is 7.67. The minimum absolute atomic E-state index is 0.00152. The minimum atomic E-state index is -0.321. The fraction of sp³-hybridized carbons (Fsp3) is 0.278. The van der Waals surface area contributed by atoms with Crippen molar-refractivity contribution >= 4 is 52.1 Å². The van der Waals surface area contributed by atoms with Crippen molar-refractivity contribution in [3.63, 3.8) is 0 Å². The van der Waals surface area contributed by atoms with Gasteiger partial charge in [-0.2, -0.15) is 5.26 Å². The summed E-state index contributed by atoms with van der Waals surface area (Å²) in [5.74, 6) is -0.321. The molecule has 5 nitrogen and oxygen atoms in total. The van der Waals surface area contributed by atoms with Crippen molar-refractivity contribution in [2.24, 2.45) is 7.05 Å². The summed E-state index contributed by atoms with van der Waals surface area (Å²) in [4.78, 5) is 26.8. The first-order chi connectivity index (χ1) is 12.4. The molecular formula is C18H15Cl2N3O2S. The van der Waals surface area contributed by atoms with E-state index in [-0.39, 0.29) is 17.0 Å². The zero-order valence-electron chi connectivity index (χ0n) is 14.0. The highest BCUT2D eigenvalue weighted by Crippen LogP contribution is 2.21. The van der Waals surface area contributed by atoms with Crippen LogP contribution in [0.4, 0.5) is 0 Å². The Bertz CT molecular complexity index is 1090. The molecule has 0 saturated carbocycles. The van der Waals surface area contributed by atoms with Crippen LogP contribution in [0, 0.1) is 11.3 Å². The monoisotopic (exact) mass is 407 g/mol. The third-order valence-electron chi connectivity index (χ3n) is 4.21. The molecular weight excluding hydrogens is 393 g/mol. The summed E-state index contributed by atoms with van der Waals surface area (Å²) in [5, 5.41) is 10.4. The Morgan fingerprint density at radius 1 is 1.31 bits per heavy atom. The summed E-state index contributed by atoms with van der Waals surface area (Å²) < 4.78 is 2.09. The van der Waals surface area contributed by atoms with Gasteiger partial charge in [0.15, 0.2) is 5.57 Å². The van der Waals surface area contributed by atoms with Gasteiger partial charge in [-0.25, -0.2) is 0 Å². The molecule has 8 heteroatoms. The molecule has 1 aliphatic heterocycles. The Kier molecular flexibility index (Phi) is 5.52. The first-order valence-corrected chi connectivity index (χ1v) is 9.56. The highest BCUT2D eigenvalue weighted by Gasteiger charge is 2.23. The molecule has 1 amide bonds. The first-order valence-electron chi connectivity index (χ1n) is 7.98. The summed E-state index contributed by atoms with van der Waals surface area (Å²) in [6.45, 7) is 1.28. The van der Waals surface area contributed by atoms with Crippen LogP contribution < -0.4 is 14.8 Å². The number of aromatic nitrogens is 1. The highest BCUT2D eigenvalue weighted by molar-refractivity contribution is 7.07. The number of hydrogen-bond donors (Lipinski definition) is 0. The van der Waals surface area contributed by atoms with E-state index in [1.54, 1.807) is 36.2 Å². The lowest BCUT2D eigenvalue weighted by atomic mass is 10.2. The van der Waals surface area contributed by atoms with E-state index in [1.165, 1.54) is 4.57 Å². The number of likely N-dealkylation sites (tertiary alicyclic amines) is 1.